The molecule has 8 heteroatoms. The number of nitrogens with one attached hydrogen (secondary N) is 2. The molecule has 1 amide bonds. The van der Waals surface area contributed by atoms with Gasteiger partial charge in [-0.1, -0.05) is 19.1 Å². The number of amides is 1. The number of hydrogen-bond donors (Lipinski definition) is 3. The van der Waals surface area contributed by atoms with Gasteiger partial charge in [0.05, 0.1) is 6.61 Å². The molecule has 0 saturated carbocycles. The summed E-state index contributed by atoms with van der Waals surface area (Å²) in [6.45, 7) is 4.57. The predicted octanol–water partition coefficient (Wildman–Crippen LogP) is 0.960. The van der Waals surface area contributed by atoms with E-state index in [0.29, 0.717) is 19.6 Å². The Kier molecular flexibility index (Phi) is 6.37. The number of nitrogen functional groups attached to an aromatic ring is 1. The molecule has 23 heavy (non-hydrogen) atoms. The van der Waals surface area contributed by atoms with Crippen LogP contribution in [0.15, 0.2) is 28.9 Å². The smallest absolute Gasteiger partial charge is 0.277 e. The van der Waals surface area contributed by atoms with Crippen LogP contribution in [0.2, 0.25) is 0 Å². The number of nitrogens with two attached hydrogens (primary N) is 1. The van der Waals surface area contributed by atoms with Gasteiger partial charge in [0, 0.05) is 19.6 Å². The summed E-state index contributed by atoms with van der Waals surface area (Å²) in [4.78, 5) is 11.7. The number of ether oxygens (including phenoxy) is 1. The van der Waals surface area contributed by atoms with Crippen molar-refractivity contribution in [1.82, 2.24) is 20.9 Å². The second-order valence-corrected chi connectivity index (χ2v) is 4.92. The predicted molar refractivity (Wildman–Crippen MR) is 85.0 cm³/mol. The maximum absolute atomic E-state index is 11.7. The van der Waals surface area contributed by atoms with Gasteiger partial charge in [-0.3, -0.25) is 4.79 Å². The topological polar surface area (TPSA) is 115 Å². The van der Waals surface area contributed by atoms with Gasteiger partial charge >= 0.3 is 0 Å². The average Bonchev–Trinajstić information content (AvgIpc) is 2.99. The quantitative estimate of drug-likeness (QED) is 0.590. The molecule has 0 bridgehead atoms. The highest BCUT2D eigenvalue weighted by Crippen LogP contribution is 2.12. The van der Waals surface area contributed by atoms with E-state index in [0.717, 1.165) is 24.3 Å². The van der Waals surface area contributed by atoms with Crippen molar-refractivity contribution in [2.45, 2.75) is 19.9 Å². The first kappa shape index (κ1) is 16.8. The largest absolute Gasteiger partial charge is 0.494 e. The first-order valence-electron chi connectivity index (χ1n) is 7.49. The number of hydrogen-bond acceptors (Lipinski definition) is 7. The zero-order chi connectivity index (χ0) is 16.5. The minimum absolute atomic E-state index is 0.00710. The van der Waals surface area contributed by atoms with E-state index < -0.39 is 5.91 Å². The van der Waals surface area contributed by atoms with Crippen molar-refractivity contribution in [1.29, 1.82) is 0 Å². The number of carbonyl (C=O) groups excluding carboxylic acids is 1. The van der Waals surface area contributed by atoms with Crippen molar-refractivity contribution in [2.75, 3.05) is 25.4 Å². The Morgan fingerprint density at radius 3 is 2.70 bits per heavy atom. The average molecular weight is 319 g/mol. The maximum atomic E-state index is 11.7. The normalized spacial score (nSPS) is 10.5. The van der Waals surface area contributed by atoms with Gasteiger partial charge in [0.1, 0.15) is 5.75 Å². The number of aromatic nitrogens is 2. The summed E-state index contributed by atoms with van der Waals surface area (Å²) >= 11 is 0. The second kappa shape index (κ2) is 8.74. The minimum atomic E-state index is -0.400. The summed E-state index contributed by atoms with van der Waals surface area (Å²) in [6.07, 6.45) is 0.991. The van der Waals surface area contributed by atoms with Gasteiger partial charge in [-0.25, -0.2) is 4.63 Å². The fourth-order valence-corrected chi connectivity index (χ4v) is 1.86. The molecular formula is C15H21N5O3. The van der Waals surface area contributed by atoms with E-state index >= 15 is 0 Å². The van der Waals surface area contributed by atoms with E-state index in [9.17, 15) is 4.79 Å². The SMILES string of the molecule is CCCOc1ccc(CNCCNC(=O)c2nonc2N)cc1. The number of nitrogens with zero attached hydrogens (tertiary/aromatic N) is 2. The van der Waals surface area contributed by atoms with Gasteiger partial charge in [-0.15, -0.1) is 0 Å². The molecule has 0 unspecified atom stereocenters. The van der Waals surface area contributed by atoms with Gasteiger partial charge in [0.25, 0.3) is 5.91 Å². The van der Waals surface area contributed by atoms with Crippen LogP contribution in [0, 0.1) is 0 Å². The van der Waals surface area contributed by atoms with Crippen LogP contribution in [-0.4, -0.2) is 35.9 Å². The lowest BCUT2D eigenvalue weighted by Gasteiger charge is -2.08. The van der Waals surface area contributed by atoms with E-state index in [1.54, 1.807) is 0 Å². The van der Waals surface area contributed by atoms with Crippen molar-refractivity contribution < 1.29 is 14.2 Å². The fraction of sp³-hybridized carbons (Fsp3) is 0.400. The summed E-state index contributed by atoms with van der Waals surface area (Å²) in [5.74, 6) is 0.463. The monoisotopic (exact) mass is 319 g/mol. The first-order chi connectivity index (χ1) is 11.2. The van der Waals surface area contributed by atoms with Crippen LogP contribution in [0.3, 0.4) is 0 Å². The third-order valence-electron chi connectivity index (χ3n) is 3.04. The molecular weight excluding hydrogens is 298 g/mol. The van der Waals surface area contributed by atoms with Crippen molar-refractivity contribution in [2.24, 2.45) is 0 Å². The Balaban J connectivity index is 1.63. The molecule has 0 aliphatic carbocycles. The molecule has 2 rings (SSSR count). The Morgan fingerprint density at radius 2 is 2.04 bits per heavy atom. The van der Waals surface area contributed by atoms with Crippen molar-refractivity contribution in [3.05, 3.63) is 35.5 Å². The van der Waals surface area contributed by atoms with E-state index in [1.807, 2.05) is 24.3 Å². The molecule has 0 spiro atoms. The number of carbonyl (C=O) groups is 1. The Bertz CT molecular complexity index is 612. The molecule has 2 aromatic rings. The van der Waals surface area contributed by atoms with Crippen LogP contribution in [0.4, 0.5) is 5.82 Å². The molecule has 0 radical (unpaired) electrons. The Hall–Kier alpha value is -2.61. The zero-order valence-electron chi connectivity index (χ0n) is 13.0. The summed E-state index contributed by atoms with van der Waals surface area (Å²) in [5.41, 5.74) is 6.59. The fourth-order valence-electron chi connectivity index (χ4n) is 1.86. The highest BCUT2D eigenvalue weighted by Gasteiger charge is 2.14. The molecule has 0 saturated heterocycles. The van der Waals surface area contributed by atoms with Crippen LogP contribution in [0.1, 0.15) is 29.4 Å². The first-order valence-corrected chi connectivity index (χ1v) is 7.49. The zero-order valence-corrected chi connectivity index (χ0v) is 13.0. The van der Waals surface area contributed by atoms with Crippen LogP contribution in [0.25, 0.3) is 0 Å². The van der Waals surface area contributed by atoms with Crippen molar-refractivity contribution in [3.8, 4) is 5.75 Å². The minimum Gasteiger partial charge on any atom is -0.494 e. The van der Waals surface area contributed by atoms with Crippen LogP contribution in [-0.2, 0) is 6.54 Å². The van der Waals surface area contributed by atoms with Gasteiger partial charge in [0.15, 0.2) is 0 Å². The highest BCUT2D eigenvalue weighted by molar-refractivity contribution is 5.95. The summed E-state index contributed by atoms with van der Waals surface area (Å²) in [5, 5.41) is 12.7. The molecule has 0 atom stereocenters. The molecule has 4 N–H and O–H groups in total. The molecule has 1 aromatic heterocycles. The molecule has 0 fully saturated rings. The molecule has 124 valence electrons. The second-order valence-electron chi connectivity index (χ2n) is 4.92. The Morgan fingerprint density at radius 1 is 1.26 bits per heavy atom. The van der Waals surface area contributed by atoms with Crippen molar-refractivity contribution in [3.63, 3.8) is 0 Å². The molecule has 0 aliphatic heterocycles. The lowest BCUT2D eigenvalue weighted by Crippen LogP contribution is -2.32. The molecule has 0 aliphatic rings. The van der Waals surface area contributed by atoms with Crippen LogP contribution >= 0.6 is 0 Å². The third-order valence-corrected chi connectivity index (χ3v) is 3.04. The maximum Gasteiger partial charge on any atom is 0.277 e. The highest BCUT2D eigenvalue weighted by atomic mass is 16.6. The number of benzene rings is 1. The number of rotatable bonds is 9. The van der Waals surface area contributed by atoms with Crippen molar-refractivity contribution >= 4 is 11.7 Å². The van der Waals surface area contributed by atoms with Gasteiger partial charge in [-0.2, -0.15) is 0 Å². The van der Waals surface area contributed by atoms with Crippen LogP contribution < -0.4 is 21.1 Å². The molecule has 1 heterocycles. The Labute approximate surface area is 134 Å². The van der Waals surface area contributed by atoms with Crippen LogP contribution in [0.5, 0.6) is 5.75 Å². The summed E-state index contributed by atoms with van der Waals surface area (Å²) in [7, 11) is 0. The standard InChI is InChI=1S/C15H21N5O3/c1-2-9-22-12-5-3-11(4-6-12)10-17-7-8-18-15(21)13-14(16)20-23-19-13/h3-6,17H,2,7-10H2,1H3,(H2,16,20)(H,18,21). The molecule has 1 aromatic carbocycles. The van der Waals surface area contributed by atoms with Gasteiger partial charge in [0.2, 0.25) is 11.5 Å². The lowest BCUT2D eigenvalue weighted by atomic mass is 10.2. The summed E-state index contributed by atoms with van der Waals surface area (Å²) < 4.78 is 9.90. The van der Waals surface area contributed by atoms with Gasteiger partial charge in [-0.05, 0) is 34.4 Å². The van der Waals surface area contributed by atoms with E-state index in [1.165, 1.54) is 0 Å². The van der Waals surface area contributed by atoms with Gasteiger partial charge < -0.3 is 21.1 Å². The lowest BCUT2D eigenvalue weighted by molar-refractivity contribution is 0.0944. The van der Waals surface area contributed by atoms with E-state index in [-0.39, 0.29) is 11.5 Å². The van der Waals surface area contributed by atoms with E-state index in [2.05, 4.69) is 32.5 Å². The van der Waals surface area contributed by atoms with E-state index in [4.69, 9.17) is 10.5 Å². The third kappa shape index (κ3) is 5.26. The molecule has 8 nitrogen and oxygen atoms in total. The summed E-state index contributed by atoms with van der Waals surface area (Å²) in [6, 6.07) is 7.93. The number of anilines is 1.